The number of rotatable bonds is 3. The van der Waals surface area contributed by atoms with Gasteiger partial charge in [-0.3, -0.25) is 0 Å². The molecule has 0 saturated heterocycles. The van der Waals surface area contributed by atoms with Gasteiger partial charge in [-0.25, -0.2) is 0 Å². The number of alkyl halides is 3. The summed E-state index contributed by atoms with van der Waals surface area (Å²) in [6.45, 7) is 0. The van der Waals surface area contributed by atoms with Crippen LogP contribution in [0.4, 0.5) is 8.78 Å². The van der Waals surface area contributed by atoms with Gasteiger partial charge in [-0.15, -0.1) is 0 Å². The molecule has 0 aliphatic carbocycles. The molecule has 0 radical (unpaired) electrons. The van der Waals surface area contributed by atoms with E-state index in [1.54, 1.807) is 0 Å². The smallest absolute Gasteiger partial charge is 0.459 e. The lowest BCUT2D eigenvalue weighted by molar-refractivity contribution is -0.0803. The summed E-state index contributed by atoms with van der Waals surface area (Å²) in [5, 5.41) is -3.33. The van der Waals surface area contributed by atoms with E-state index < -0.39 is 5.02 Å². The van der Waals surface area contributed by atoms with E-state index in [-0.39, 0.29) is 5.75 Å². The molecule has 72 valence electrons. The monoisotopic (exact) mass is 252 g/mol. The van der Waals surface area contributed by atoms with Crippen LogP contribution in [0.5, 0.6) is 11.5 Å². The Morgan fingerprint density at radius 3 is 2.00 bits per heavy atom. The third-order valence-electron chi connectivity index (χ3n) is 1.29. The van der Waals surface area contributed by atoms with Crippen molar-refractivity contribution in [2.75, 3.05) is 7.11 Å². The van der Waals surface area contributed by atoms with Crippen LogP contribution in [-0.2, 0) is 0 Å². The van der Waals surface area contributed by atoms with E-state index in [1.807, 2.05) is 0 Å². The molecule has 13 heavy (non-hydrogen) atoms. The molecule has 0 unspecified atom stereocenters. The van der Waals surface area contributed by atoms with Gasteiger partial charge in [0.1, 0.15) is 11.5 Å². The maximum Gasteiger partial charge on any atom is 0.459 e. The summed E-state index contributed by atoms with van der Waals surface area (Å²) in [6.07, 6.45) is 0. The van der Waals surface area contributed by atoms with Gasteiger partial charge in [-0.1, -0.05) is 0 Å². The number of ether oxygens (including phenoxy) is 2. The van der Waals surface area contributed by atoms with Crippen LogP contribution in [0.3, 0.4) is 0 Å². The summed E-state index contributed by atoms with van der Waals surface area (Å²) in [5.41, 5.74) is 0. The molecule has 0 bridgehead atoms. The molecule has 0 saturated carbocycles. The summed E-state index contributed by atoms with van der Waals surface area (Å²) in [4.78, 5) is 0. The summed E-state index contributed by atoms with van der Waals surface area (Å²) >= 11 is 2.06. The summed E-state index contributed by atoms with van der Waals surface area (Å²) in [5.74, 6) is 0.660. The van der Waals surface area contributed by atoms with Gasteiger partial charge in [0.15, 0.2) is 0 Å². The standard InChI is InChI=1S/C8H7BrF2O2/c1-12-6-2-4-7(5-3-6)13-8(9,10)11/h2-5H,1H3. The first-order valence-corrected chi connectivity index (χ1v) is 4.20. The highest BCUT2D eigenvalue weighted by Gasteiger charge is 2.26. The molecule has 0 spiro atoms. The highest BCUT2D eigenvalue weighted by molar-refractivity contribution is 9.09. The second kappa shape index (κ2) is 3.91. The van der Waals surface area contributed by atoms with Crippen LogP contribution in [0, 0.1) is 0 Å². The lowest BCUT2D eigenvalue weighted by Crippen LogP contribution is -2.14. The van der Waals surface area contributed by atoms with E-state index in [9.17, 15) is 8.78 Å². The summed E-state index contributed by atoms with van der Waals surface area (Å²) < 4.78 is 33.6. The third-order valence-corrected chi connectivity index (χ3v) is 1.45. The van der Waals surface area contributed by atoms with E-state index in [0.717, 1.165) is 0 Å². The molecule has 0 heterocycles. The van der Waals surface area contributed by atoms with Gasteiger partial charge in [-0.2, -0.15) is 8.78 Å². The van der Waals surface area contributed by atoms with Gasteiger partial charge >= 0.3 is 5.02 Å². The Hall–Kier alpha value is -0.840. The van der Waals surface area contributed by atoms with E-state index in [0.29, 0.717) is 5.75 Å². The van der Waals surface area contributed by atoms with Crippen LogP contribution >= 0.6 is 15.9 Å². The number of hydrogen-bond acceptors (Lipinski definition) is 2. The Bertz CT molecular complexity index is 268. The van der Waals surface area contributed by atoms with Crippen molar-refractivity contribution in [1.82, 2.24) is 0 Å². The van der Waals surface area contributed by atoms with Crippen LogP contribution in [-0.4, -0.2) is 12.1 Å². The summed E-state index contributed by atoms with van der Waals surface area (Å²) in [6, 6.07) is 5.87. The van der Waals surface area contributed by atoms with Crippen molar-refractivity contribution in [2.24, 2.45) is 0 Å². The molecule has 2 nitrogen and oxygen atoms in total. The van der Waals surface area contributed by atoms with E-state index in [1.165, 1.54) is 31.4 Å². The zero-order valence-corrected chi connectivity index (χ0v) is 8.35. The minimum atomic E-state index is -3.33. The second-order valence-electron chi connectivity index (χ2n) is 2.22. The Balaban J connectivity index is 2.70. The fraction of sp³-hybridized carbons (Fsp3) is 0.250. The Morgan fingerprint density at radius 1 is 1.15 bits per heavy atom. The van der Waals surface area contributed by atoms with Gasteiger partial charge in [0.05, 0.1) is 7.11 Å². The minimum Gasteiger partial charge on any atom is -0.497 e. The lowest BCUT2D eigenvalue weighted by Gasteiger charge is -2.10. The molecule has 1 aromatic rings. The zero-order valence-electron chi connectivity index (χ0n) is 6.76. The minimum absolute atomic E-state index is 0.0719. The van der Waals surface area contributed by atoms with Gasteiger partial charge in [0.2, 0.25) is 0 Å². The Labute approximate surface area is 82.6 Å². The Kier molecular flexibility index (Phi) is 3.08. The van der Waals surface area contributed by atoms with Crippen LogP contribution in [0.15, 0.2) is 24.3 Å². The number of methoxy groups -OCH3 is 1. The molecule has 1 rings (SSSR count). The van der Waals surface area contributed by atoms with Crippen LogP contribution in [0.25, 0.3) is 0 Å². The molecular formula is C8H7BrF2O2. The van der Waals surface area contributed by atoms with Gasteiger partial charge < -0.3 is 9.47 Å². The largest absolute Gasteiger partial charge is 0.497 e. The van der Waals surface area contributed by atoms with Crippen LogP contribution in [0.2, 0.25) is 0 Å². The third kappa shape index (κ3) is 3.59. The van der Waals surface area contributed by atoms with Crippen molar-refractivity contribution >= 4 is 15.9 Å². The van der Waals surface area contributed by atoms with Gasteiger partial charge in [-0.05, 0) is 24.3 Å². The molecule has 1 aromatic carbocycles. The van der Waals surface area contributed by atoms with Crippen molar-refractivity contribution in [3.05, 3.63) is 24.3 Å². The first kappa shape index (κ1) is 10.2. The van der Waals surface area contributed by atoms with E-state index in [2.05, 4.69) is 20.7 Å². The van der Waals surface area contributed by atoms with E-state index >= 15 is 0 Å². The number of benzene rings is 1. The van der Waals surface area contributed by atoms with Gasteiger partial charge in [0.25, 0.3) is 0 Å². The first-order valence-electron chi connectivity index (χ1n) is 3.41. The number of hydrogen-bond donors (Lipinski definition) is 0. The first-order chi connectivity index (χ1) is 6.01. The van der Waals surface area contributed by atoms with Crippen molar-refractivity contribution in [3.63, 3.8) is 0 Å². The average Bonchev–Trinajstić information content (AvgIpc) is 2.03. The molecular weight excluding hydrogens is 246 g/mol. The highest BCUT2D eigenvalue weighted by atomic mass is 79.9. The van der Waals surface area contributed by atoms with E-state index in [4.69, 9.17) is 4.74 Å². The SMILES string of the molecule is COc1ccc(OC(F)(F)Br)cc1. The van der Waals surface area contributed by atoms with Crippen molar-refractivity contribution in [1.29, 1.82) is 0 Å². The Morgan fingerprint density at radius 2 is 1.62 bits per heavy atom. The predicted molar refractivity (Wildman–Crippen MR) is 47.5 cm³/mol. The molecule has 0 atom stereocenters. The molecule has 0 N–H and O–H groups in total. The van der Waals surface area contributed by atoms with Crippen molar-refractivity contribution in [2.45, 2.75) is 5.02 Å². The molecule has 0 aliphatic heterocycles. The summed E-state index contributed by atoms with van der Waals surface area (Å²) in [7, 11) is 1.49. The van der Waals surface area contributed by atoms with Crippen LogP contribution in [0.1, 0.15) is 0 Å². The maximum atomic E-state index is 12.3. The van der Waals surface area contributed by atoms with Crippen LogP contribution < -0.4 is 9.47 Å². The van der Waals surface area contributed by atoms with Crippen molar-refractivity contribution in [3.8, 4) is 11.5 Å². The second-order valence-corrected chi connectivity index (χ2v) is 3.15. The molecule has 0 fully saturated rings. The molecule has 0 amide bonds. The fourth-order valence-corrected chi connectivity index (χ4v) is 0.964. The topological polar surface area (TPSA) is 18.5 Å². The highest BCUT2D eigenvalue weighted by Crippen LogP contribution is 2.27. The maximum absolute atomic E-state index is 12.3. The molecule has 0 aromatic heterocycles. The fourth-order valence-electron chi connectivity index (χ4n) is 0.777. The molecule has 0 aliphatic rings. The molecule has 5 heteroatoms. The lowest BCUT2D eigenvalue weighted by atomic mass is 10.3. The predicted octanol–water partition coefficient (Wildman–Crippen LogP) is 3.02. The zero-order chi connectivity index (χ0) is 9.90. The average molecular weight is 253 g/mol. The van der Waals surface area contributed by atoms with Gasteiger partial charge in [0, 0.05) is 15.9 Å². The quantitative estimate of drug-likeness (QED) is 0.771. The normalized spacial score (nSPS) is 11.1. The number of halogens is 3. The van der Waals surface area contributed by atoms with Crippen molar-refractivity contribution < 1.29 is 18.3 Å².